The zero-order chi connectivity index (χ0) is 13.3. The number of alkyl halides is 1. The molecule has 1 heterocycles. The maximum atomic E-state index is 13.5. The maximum absolute atomic E-state index is 13.5. The molecule has 1 saturated carbocycles. The highest BCUT2D eigenvalue weighted by Gasteiger charge is 2.42. The van der Waals surface area contributed by atoms with E-state index in [1.807, 2.05) is 4.90 Å². The summed E-state index contributed by atoms with van der Waals surface area (Å²) >= 11 is 0. The van der Waals surface area contributed by atoms with Crippen LogP contribution in [0.1, 0.15) is 52.9 Å². The van der Waals surface area contributed by atoms with Gasteiger partial charge < -0.3 is 10.0 Å². The van der Waals surface area contributed by atoms with E-state index in [0.717, 1.165) is 25.1 Å². The van der Waals surface area contributed by atoms with Crippen LogP contribution in [-0.4, -0.2) is 40.3 Å². The first-order valence-corrected chi connectivity index (χ1v) is 7.25. The van der Waals surface area contributed by atoms with E-state index in [0.29, 0.717) is 12.8 Å². The highest BCUT2D eigenvalue weighted by Crippen LogP contribution is 2.36. The molecule has 4 heteroatoms. The zero-order valence-electron chi connectivity index (χ0n) is 11.6. The number of aliphatic hydroxyl groups is 1. The van der Waals surface area contributed by atoms with Crippen molar-refractivity contribution in [3.05, 3.63) is 0 Å². The van der Waals surface area contributed by atoms with Gasteiger partial charge in [-0.2, -0.15) is 0 Å². The monoisotopic (exact) mass is 256 g/mol. The average Bonchev–Trinajstić information content (AvgIpc) is 2.38. The molecule has 1 N–H and O–H groups in total. The van der Waals surface area contributed by atoms with Gasteiger partial charge in [-0.15, -0.1) is 0 Å². The van der Waals surface area contributed by atoms with Crippen LogP contribution < -0.4 is 0 Å². The van der Waals surface area contributed by atoms with Gasteiger partial charge in [0.15, 0.2) is 0 Å². The van der Waals surface area contributed by atoms with Gasteiger partial charge in [0.2, 0.25) is 0 Å². The third-order valence-corrected chi connectivity index (χ3v) is 4.46. The first-order valence-electron chi connectivity index (χ1n) is 7.25. The Labute approximate surface area is 109 Å². The number of aliphatic hydroxyl groups excluding tert-OH is 1. The number of aliphatic imine (C=N–C) groups is 1. The number of halogens is 1. The van der Waals surface area contributed by atoms with E-state index in [2.05, 4.69) is 20.8 Å². The Kier molecular flexibility index (Phi) is 4.25. The third kappa shape index (κ3) is 2.40. The van der Waals surface area contributed by atoms with Gasteiger partial charge in [-0.05, 0) is 32.6 Å². The molecule has 2 aliphatic rings. The van der Waals surface area contributed by atoms with Crippen molar-refractivity contribution in [3.8, 4) is 0 Å². The number of amidine groups is 1. The minimum atomic E-state index is -0.766. The lowest BCUT2D eigenvalue weighted by atomic mass is 9.80. The summed E-state index contributed by atoms with van der Waals surface area (Å²) in [6.45, 7) is 6.28. The van der Waals surface area contributed by atoms with Crippen molar-refractivity contribution in [3.63, 3.8) is 0 Å². The first kappa shape index (κ1) is 13.8. The summed E-state index contributed by atoms with van der Waals surface area (Å²) in [6, 6.07) is 0.391. The van der Waals surface area contributed by atoms with Crippen molar-refractivity contribution in [2.75, 3.05) is 0 Å². The standard InChI is InChI=1S/C14H25FN2O/c1-4-9(3)17-13(5-2)16-12-7-6-10(15)8-11(12)14(17)18/h9-12,14,18H,4-8H2,1-3H3/t9?,10-,11?,12?,14?/m1/s1. The highest BCUT2D eigenvalue weighted by molar-refractivity contribution is 5.83. The van der Waals surface area contributed by atoms with Crippen LogP contribution in [0.25, 0.3) is 0 Å². The molecule has 0 aromatic rings. The van der Waals surface area contributed by atoms with Crippen LogP contribution in [0.3, 0.4) is 0 Å². The van der Waals surface area contributed by atoms with Gasteiger partial charge in [0.25, 0.3) is 0 Å². The van der Waals surface area contributed by atoms with Crippen LogP contribution in [0.2, 0.25) is 0 Å². The maximum Gasteiger partial charge on any atom is 0.133 e. The predicted octanol–water partition coefficient (Wildman–Crippen LogP) is 2.73. The van der Waals surface area contributed by atoms with Gasteiger partial charge in [-0.1, -0.05) is 13.8 Å². The number of hydrogen-bond donors (Lipinski definition) is 1. The molecule has 0 amide bonds. The molecule has 0 spiro atoms. The summed E-state index contributed by atoms with van der Waals surface area (Å²) in [7, 11) is 0. The van der Waals surface area contributed by atoms with E-state index in [4.69, 9.17) is 4.99 Å². The smallest absolute Gasteiger partial charge is 0.133 e. The molecule has 1 aliphatic heterocycles. The Hall–Kier alpha value is -0.640. The first-order chi connectivity index (χ1) is 8.58. The molecule has 0 aromatic heterocycles. The molecule has 0 saturated heterocycles. The summed E-state index contributed by atoms with van der Waals surface area (Å²) in [5.41, 5.74) is 0. The summed E-state index contributed by atoms with van der Waals surface area (Å²) in [4.78, 5) is 6.79. The fourth-order valence-corrected chi connectivity index (χ4v) is 3.22. The SMILES string of the molecule is CCC1=NC2CC[C@@H](F)CC2C(O)N1C(C)CC. The number of fused-ring (bicyclic) bond motifs is 1. The van der Waals surface area contributed by atoms with Gasteiger partial charge in [0.05, 0.1) is 6.04 Å². The molecule has 0 radical (unpaired) electrons. The number of hydrogen-bond acceptors (Lipinski definition) is 3. The Bertz CT molecular complexity index is 321. The molecule has 18 heavy (non-hydrogen) atoms. The second kappa shape index (κ2) is 5.55. The minimum Gasteiger partial charge on any atom is -0.373 e. The van der Waals surface area contributed by atoms with Crippen molar-refractivity contribution < 1.29 is 9.50 Å². The molecule has 0 aromatic carbocycles. The van der Waals surface area contributed by atoms with Crippen LogP contribution >= 0.6 is 0 Å². The Balaban J connectivity index is 2.25. The van der Waals surface area contributed by atoms with E-state index in [1.54, 1.807) is 0 Å². The third-order valence-electron chi connectivity index (χ3n) is 4.46. The predicted molar refractivity (Wildman–Crippen MR) is 71.3 cm³/mol. The molecular formula is C14H25FN2O. The van der Waals surface area contributed by atoms with Gasteiger partial charge in [0, 0.05) is 18.4 Å². The average molecular weight is 256 g/mol. The van der Waals surface area contributed by atoms with E-state index >= 15 is 0 Å². The van der Waals surface area contributed by atoms with Gasteiger partial charge >= 0.3 is 0 Å². The van der Waals surface area contributed by atoms with Crippen LogP contribution in [0.5, 0.6) is 0 Å². The summed E-state index contributed by atoms with van der Waals surface area (Å²) < 4.78 is 13.5. The molecule has 1 fully saturated rings. The van der Waals surface area contributed by atoms with Gasteiger partial charge in [-0.3, -0.25) is 4.99 Å². The molecular weight excluding hydrogens is 231 g/mol. The van der Waals surface area contributed by atoms with Crippen LogP contribution in [0, 0.1) is 5.92 Å². The van der Waals surface area contributed by atoms with E-state index in [9.17, 15) is 9.50 Å². The fraction of sp³-hybridized carbons (Fsp3) is 0.929. The molecule has 104 valence electrons. The number of rotatable bonds is 3. The van der Waals surface area contributed by atoms with Crippen molar-refractivity contribution >= 4 is 5.84 Å². The molecule has 4 unspecified atom stereocenters. The summed E-state index contributed by atoms with van der Waals surface area (Å²) in [6.07, 6.45) is 2.31. The molecule has 5 atom stereocenters. The largest absolute Gasteiger partial charge is 0.373 e. The molecule has 3 nitrogen and oxygen atoms in total. The van der Waals surface area contributed by atoms with Crippen LogP contribution in [0.4, 0.5) is 4.39 Å². The van der Waals surface area contributed by atoms with E-state index in [1.165, 1.54) is 0 Å². The lowest BCUT2D eigenvalue weighted by Gasteiger charge is -2.47. The quantitative estimate of drug-likeness (QED) is 0.842. The topological polar surface area (TPSA) is 35.8 Å². The molecule has 2 rings (SSSR count). The second-order valence-corrected chi connectivity index (χ2v) is 5.62. The Morgan fingerprint density at radius 2 is 2.17 bits per heavy atom. The Morgan fingerprint density at radius 3 is 2.78 bits per heavy atom. The zero-order valence-corrected chi connectivity index (χ0v) is 11.6. The van der Waals surface area contributed by atoms with Gasteiger partial charge in [0.1, 0.15) is 18.2 Å². The second-order valence-electron chi connectivity index (χ2n) is 5.62. The van der Waals surface area contributed by atoms with Crippen molar-refractivity contribution in [1.82, 2.24) is 4.90 Å². The minimum absolute atomic E-state index is 0.0296. The van der Waals surface area contributed by atoms with Crippen molar-refractivity contribution in [1.29, 1.82) is 0 Å². The van der Waals surface area contributed by atoms with E-state index in [-0.39, 0.29) is 18.0 Å². The van der Waals surface area contributed by atoms with Crippen LogP contribution in [-0.2, 0) is 0 Å². The van der Waals surface area contributed by atoms with Gasteiger partial charge in [-0.25, -0.2) is 4.39 Å². The summed E-state index contributed by atoms with van der Waals surface area (Å²) in [5.74, 6) is 0.966. The lowest BCUT2D eigenvalue weighted by Crippen LogP contribution is -2.56. The molecule has 1 aliphatic carbocycles. The van der Waals surface area contributed by atoms with E-state index < -0.39 is 12.4 Å². The Morgan fingerprint density at radius 1 is 1.44 bits per heavy atom. The van der Waals surface area contributed by atoms with Crippen LogP contribution in [0.15, 0.2) is 4.99 Å². The number of nitrogens with zero attached hydrogens (tertiary/aromatic N) is 2. The molecule has 0 bridgehead atoms. The lowest BCUT2D eigenvalue weighted by molar-refractivity contribution is -0.0567. The summed E-state index contributed by atoms with van der Waals surface area (Å²) in [5, 5.41) is 10.6. The van der Waals surface area contributed by atoms with Crippen molar-refractivity contribution in [2.45, 2.75) is 77.4 Å². The van der Waals surface area contributed by atoms with Crippen molar-refractivity contribution in [2.24, 2.45) is 10.9 Å². The fourth-order valence-electron chi connectivity index (χ4n) is 3.22. The highest BCUT2D eigenvalue weighted by atomic mass is 19.1. The normalized spacial score (nSPS) is 38.1.